The molecule has 0 fully saturated rings. The minimum atomic E-state index is -4.49. The van der Waals surface area contributed by atoms with E-state index in [1.54, 1.807) is 6.07 Å². The smallest absolute Gasteiger partial charge is 0.365 e. The molecule has 6 nitrogen and oxygen atoms in total. The number of aromatic nitrogens is 2. The van der Waals surface area contributed by atoms with Crippen LogP contribution in [0.5, 0.6) is 0 Å². The van der Waals surface area contributed by atoms with Crippen LogP contribution in [-0.2, 0) is 12.7 Å². The van der Waals surface area contributed by atoms with Gasteiger partial charge in [0.05, 0.1) is 10.3 Å². The predicted molar refractivity (Wildman–Crippen MR) is 87.9 cm³/mol. The highest BCUT2D eigenvalue weighted by molar-refractivity contribution is 7.18. The van der Waals surface area contributed by atoms with Gasteiger partial charge in [0.1, 0.15) is 15.5 Å². The SMILES string of the molecule is O=[N+]([O-])c1cccc(CNc2nc(Cl)nc3sc(C(F)(F)F)cc23)c1. The van der Waals surface area contributed by atoms with Crippen molar-refractivity contribution in [3.05, 3.63) is 56.2 Å². The Labute approximate surface area is 147 Å². The minimum Gasteiger partial charge on any atom is -0.365 e. The van der Waals surface area contributed by atoms with Gasteiger partial charge in [0.15, 0.2) is 0 Å². The summed E-state index contributed by atoms with van der Waals surface area (Å²) in [6.45, 7) is 0.126. The Morgan fingerprint density at radius 1 is 1.28 bits per heavy atom. The summed E-state index contributed by atoms with van der Waals surface area (Å²) in [5.41, 5.74) is 0.489. The van der Waals surface area contributed by atoms with Crippen molar-refractivity contribution in [3.8, 4) is 0 Å². The van der Waals surface area contributed by atoms with Crippen LogP contribution in [0.2, 0.25) is 5.28 Å². The first-order valence-corrected chi connectivity index (χ1v) is 7.95. The molecule has 0 saturated heterocycles. The maximum absolute atomic E-state index is 12.9. The summed E-state index contributed by atoms with van der Waals surface area (Å²) in [5, 5.41) is 13.6. The Kier molecular flexibility index (Phi) is 4.48. The lowest BCUT2D eigenvalue weighted by Gasteiger charge is -2.07. The van der Waals surface area contributed by atoms with Crippen molar-refractivity contribution < 1.29 is 18.1 Å². The number of nitro groups is 1. The van der Waals surface area contributed by atoms with Crippen LogP contribution in [0.15, 0.2) is 30.3 Å². The first-order chi connectivity index (χ1) is 11.7. The number of hydrogen-bond acceptors (Lipinski definition) is 6. The Morgan fingerprint density at radius 2 is 2.04 bits per heavy atom. The predicted octanol–water partition coefficient (Wildman–Crippen LogP) is 4.88. The molecule has 130 valence electrons. The third-order valence-corrected chi connectivity index (χ3v) is 4.47. The molecule has 3 aromatic rings. The molecule has 25 heavy (non-hydrogen) atoms. The molecule has 1 N–H and O–H groups in total. The van der Waals surface area contributed by atoms with Crippen LogP contribution >= 0.6 is 22.9 Å². The van der Waals surface area contributed by atoms with E-state index in [-0.39, 0.29) is 33.6 Å². The van der Waals surface area contributed by atoms with Crippen molar-refractivity contribution in [1.29, 1.82) is 0 Å². The maximum atomic E-state index is 12.9. The van der Waals surface area contributed by atoms with Gasteiger partial charge in [-0.05, 0) is 23.2 Å². The molecular formula is C14H8ClF3N4O2S. The zero-order valence-corrected chi connectivity index (χ0v) is 13.7. The van der Waals surface area contributed by atoms with Gasteiger partial charge in [0.2, 0.25) is 5.28 Å². The van der Waals surface area contributed by atoms with Gasteiger partial charge in [0.25, 0.3) is 5.69 Å². The van der Waals surface area contributed by atoms with Crippen molar-refractivity contribution in [2.45, 2.75) is 12.7 Å². The molecular weight excluding hydrogens is 381 g/mol. The number of alkyl halides is 3. The molecule has 0 atom stereocenters. The molecule has 1 aromatic carbocycles. The largest absolute Gasteiger partial charge is 0.425 e. The van der Waals surface area contributed by atoms with Crippen LogP contribution in [0.25, 0.3) is 10.2 Å². The fraction of sp³-hybridized carbons (Fsp3) is 0.143. The van der Waals surface area contributed by atoms with E-state index in [1.807, 2.05) is 0 Å². The summed E-state index contributed by atoms with van der Waals surface area (Å²) in [6, 6.07) is 6.82. The molecule has 0 aliphatic carbocycles. The Morgan fingerprint density at radius 3 is 2.72 bits per heavy atom. The molecule has 3 rings (SSSR count). The number of halogens is 4. The summed E-state index contributed by atoms with van der Waals surface area (Å²) < 4.78 is 38.6. The summed E-state index contributed by atoms with van der Waals surface area (Å²) >= 11 is 6.24. The quantitative estimate of drug-likeness (QED) is 0.391. The number of nitrogens with zero attached hydrogens (tertiary/aromatic N) is 3. The molecule has 0 unspecified atom stereocenters. The third kappa shape index (κ3) is 3.80. The third-order valence-electron chi connectivity index (χ3n) is 3.23. The van der Waals surface area contributed by atoms with Crippen LogP contribution in [0.3, 0.4) is 0 Å². The summed E-state index contributed by atoms with van der Waals surface area (Å²) in [5.74, 6) is 0.133. The zero-order valence-electron chi connectivity index (χ0n) is 12.2. The molecule has 0 aliphatic heterocycles. The van der Waals surface area contributed by atoms with Gasteiger partial charge < -0.3 is 5.32 Å². The molecule has 0 spiro atoms. The van der Waals surface area contributed by atoms with Crippen molar-refractivity contribution in [1.82, 2.24) is 9.97 Å². The van der Waals surface area contributed by atoms with E-state index in [2.05, 4.69) is 15.3 Å². The molecule has 0 amide bonds. The van der Waals surface area contributed by atoms with Crippen LogP contribution in [0.4, 0.5) is 24.7 Å². The van der Waals surface area contributed by atoms with E-state index < -0.39 is 16.0 Å². The lowest BCUT2D eigenvalue weighted by atomic mass is 10.2. The zero-order chi connectivity index (χ0) is 18.2. The van der Waals surface area contributed by atoms with E-state index in [1.165, 1.54) is 18.2 Å². The highest BCUT2D eigenvalue weighted by Gasteiger charge is 2.33. The van der Waals surface area contributed by atoms with E-state index in [0.29, 0.717) is 16.9 Å². The fourth-order valence-corrected chi connectivity index (χ4v) is 3.25. The number of anilines is 1. The van der Waals surface area contributed by atoms with E-state index in [4.69, 9.17) is 11.6 Å². The van der Waals surface area contributed by atoms with E-state index in [0.717, 1.165) is 6.07 Å². The highest BCUT2D eigenvalue weighted by Crippen LogP contribution is 2.39. The monoisotopic (exact) mass is 388 g/mol. The van der Waals surface area contributed by atoms with Crippen molar-refractivity contribution in [3.63, 3.8) is 0 Å². The number of benzene rings is 1. The molecule has 11 heteroatoms. The number of nitrogens with one attached hydrogen (secondary N) is 1. The number of thiophene rings is 1. The molecule has 0 saturated carbocycles. The molecule has 2 aromatic heterocycles. The van der Waals surface area contributed by atoms with Gasteiger partial charge >= 0.3 is 6.18 Å². The topological polar surface area (TPSA) is 81.0 Å². The van der Waals surface area contributed by atoms with Crippen molar-refractivity contribution in [2.24, 2.45) is 0 Å². The highest BCUT2D eigenvalue weighted by atomic mass is 35.5. The van der Waals surface area contributed by atoms with E-state index in [9.17, 15) is 23.3 Å². The van der Waals surface area contributed by atoms with Gasteiger partial charge in [-0.1, -0.05) is 12.1 Å². The van der Waals surface area contributed by atoms with Gasteiger partial charge in [-0.15, -0.1) is 11.3 Å². The standard InChI is InChI=1S/C14H8ClF3N4O2S/c15-13-20-11(9-5-10(14(16,17)18)25-12(9)21-13)19-6-7-2-1-3-8(4-7)22(23)24/h1-5H,6H2,(H,19,20,21). The normalized spacial score (nSPS) is 11.7. The van der Waals surface area contributed by atoms with Crippen LogP contribution in [0.1, 0.15) is 10.4 Å². The first-order valence-electron chi connectivity index (χ1n) is 6.75. The lowest BCUT2D eigenvalue weighted by Crippen LogP contribution is -2.03. The number of nitro benzene ring substituents is 1. The van der Waals surface area contributed by atoms with E-state index >= 15 is 0 Å². The van der Waals surface area contributed by atoms with Crippen LogP contribution in [-0.4, -0.2) is 14.9 Å². The molecule has 0 bridgehead atoms. The summed E-state index contributed by atoms with van der Waals surface area (Å²) in [6.07, 6.45) is -4.49. The van der Waals surface area contributed by atoms with Crippen LogP contribution in [0, 0.1) is 10.1 Å². The molecule has 0 aliphatic rings. The minimum absolute atomic E-state index is 0.0833. The number of hydrogen-bond donors (Lipinski definition) is 1. The Hall–Kier alpha value is -2.46. The summed E-state index contributed by atoms with van der Waals surface area (Å²) in [4.78, 5) is 17.3. The molecule has 2 heterocycles. The average molecular weight is 389 g/mol. The molecule has 0 radical (unpaired) electrons. The van der Waals surface area contributed by atoms with Gasteiger partial charge in [-0.2, -0.15) is 13.2 Å². The number of rotatable bonds is 4. The van der Waals surface area contributed by atoms with Crippen molar-refractivity contribution in [2.75, 3.05) is 5.32 Å². The van der Waals surface area contributed by atoms with Gasteiger partial charge in [-0.25, -0.2) is 9.97 Å². The van der Waals surface area contributed by atoms with Crippen LogP contribution < -0.4 is 5.32 Å². The maximum Gasteiger partial charge on any atom is 0.425 e. The van der Waals surface area contributed by atoms with Crippen molar-refractivity contribution >= 4 is 44.7 Å². The first kappa shape index (κ1) is 17.4. The number of non-ortho nitro benzene ring substituents is 1. The second-order valence-corrected chi connectivity index (χ2v) is 6.32. The lowest BCUT2D eigenvalue weighted by molar-refractivity contribution is -0.384. The second-order valence-electron chi connectivity index (χ2n) is 4.95. The second kappa shape index (κ2) is 6.45. The van der Waals surface area contributed by atoms with Gasteiger partial charge in [-0.3, -0.25) is 10.1 Å². The Bertz CT molecular complexity index is 961. The van der Waals surface area contributed by atoms with Gasteiger partial charge in [0, 0.05) is 18.7 Å². The Balaban J connectivity index is 1.92. The fourth-order valence-electron chi connectivity index (χ4n) is 2.14. The average Bonchev–Trinajstić information content (AvgIpc) is 2.97. The number of fused-ring (bicyclic) bond motifs is 1. The summed E-state index contributed by atoms with van der Waals surface area (Å²) in [7, 11) is 0.